The third-order valence-corrected chi connectivity index (χ3v) is 7.05. The topological polar surface area (TPSA) is 152 Å². The number of fused-ring (bicyclic) bond motifs is 1. The van der Waals surface area contributed by atoms with Crippen molar-refractivity contribution in [3.63, 3.8) is 0 Å². The molecule has 0 saturated heterocycles. The normalized spacial score (nSPS) is 12.2. The van der Waals surface area contributed by atoms with E-state index >= 15 is 0 Å². The smallest absolute Gasteiger partial charge is 0.328 e. The van der Waals surface area contributed by atoms with Gasteiger partial charge in [0.25, 0.3) is 15.9 Å². The van der Waals surface area contributed by atoms with Crippen LogP contribution in [0.3, 0.4) is 0 Å². The Morgan fingerprint density at radius 2 is 1.74 bits per heavy atom. The first-order valence-electron chi connectivity index (χ1n) is 9.85. The summed E-state index contributed by atoms with van der Waals surface area (Å²) in [7, 11) is -2.48. The molecule has 0 saturated carbocycles. The van der Waals surface area contributed by atoms with E-state index in [0.717, 1.165) is 5.52 Å². The van der Waals surface area contributed by atoms with Crippen LogP contribution in [-0.2, 0) is 21.9 Å². The predicted octanol–water partition coefficient (Wildman–Crippen LogP) is 2.99. The molecule has 34 heavy (non-hydrogen) atoms. The molecule has 5 N–H and O–H groups in total. The van der Waals surface area contributed by atoms with Gasteiger partial charge in [0.05, 0.1) is 14.9 Å². The summed E-state index contributed by atoms with van der Waals surface area (Å²) >= 11 is 12.3. The van der Waals surface area contributed by atoms with E-state index < -0.39 is 33.9 Å². The van der Waals surface area contributed by atoms with Gasteiger partial charge in [0, 0.05) is 36.1 Å². The van der Waals surface area contributed by atoms with Crippen molar-refractivity contribution in [2.24, 2.45) is 12.8 Å². The summed E-state index contributed by atoms with van der Waals surface area (Å²) in [4.78, 5) is 35.4. The third-order valence-electron chi connectivity index (χ3n) is 4.88. The quantitative estimate of drug-likeness (QED) is 0.373. The number of carbonyl (C=O) groups excluding carboxylic acids is 3. The van der Waals surface area contributed by atoms with E-state index in [1.165, 1.54) is 31.2 Å². The maximum absolute atomic E-state index is 12.8. The average molecular weight is 526 g/mol. The molecule has 0 radical (unpaired) electrons. The molecule has 1 unspecified atom stereocenters. The number of nitrogens with one attached hydrogen (secondary N) is 3. The lowest BCUT2D eigenvalue weighted by atomic mass is 10.2. The van der Waals surface area contributed by atoms with Crippen molar-refractivity contribution >= 4 is 67.7 Å². The number of primary amides is 1. The minimum atomic E-state index is -4.19. The summed E-state index contributed by atoms with van der Waals surface area (Å²) in [6.07, 6.45) is -0.141. The Hall–Kier alpha value is -3.28. The molecule has 13 heteroatoms. The van der Waals surface area contributed by atoms with E-state index in [4.69, 9.17) is 28.9 Å². The van der Waals surface area contributed by atoms with Gasteiger partial charge in [0.1, 0.15) is 5.69 Å². The molecule has 3 rings (SSSR count). The molecule has 0 spiro atoms. The van der Waals surface area contributed by atoms with E-state index in [2.05, 4.69) is 10.6 Å². The van der Waals surface area contributed by atoms with Gasteiger partial charge in [-0.2, -0.15) is 0 Å². The van der Waals surface area contributed by atoms with Crippen LogP contribution >= 0.6 is 23.2 Å². The van der Waals surface area contributed by atoms with Crippen LogP contribution in [0, 0.1) is 0 Å². The number of sulfonamides is 1. The van der Waals surface area contributed by atoms with Gasteiger partial charge in [-0.1, -0.05) is 23.2 Å². The molecule has 180 valence electrons. The molecule has 0 aliphatic carbocycles. The number of hydrogen-bond donors (Lipinski definition) is 4. The first-order chi connectivity index (χ1) is 15.9. The zero-order valence-electron chi connectivity index (χ0n) is 18.1. The number of nitrogens with zero attached hydrogens (tertiary/aromatic N) is 1. The van der Waals surface area contributed by atoms with Crippen molar-refractivity contribution < 1.29 is 22.8 Å². The van der Waals surface area contributed by atoms with Gasteiger partial charge in [-0.3, -0.25) is 9.59 Å². The second-order valence-corrected chi connectivity index (χ2v) is 9.98. The standard InChI is InChI=1S/C21H21Cl2N5O5S/c1-11(9-18(24)29)25-21(31)27-34(32,33)13-5-3-12(4-6-13)26-20(30)17-10-14-16(28(17)2)8-7-15(22)19(14)23/h3-8,10-11H,9H2,1-2H3,(H2,24,29)(H,26,30)(H2,25,27,31). The number of aryl methyl sites for hydroxylation is 1. The maximum Gasteiger partial charge on any atom is 0.328 e. The van der Waals surface area contributed by atoms with Crippen LogP contribution in [-0.4, -0.2) is 36.9 Å². The fourth-order valence-electron chi connectivity index (χ4n) is 3.27. The van der Waals surface area contributed by atoms with Crippen LogP contribution in [0.15, 0.2) is 47.4 Å². The number of nitrogens with two attached hydrogens (primary N) is 1. The van der Waals surface area contributed by atoms with Gasteiger partial charge in [-0.15, -0.1) is 0 Å². The second kappa shape index (κ2) is 9.92. The van der Waals surface area contributed by atoms with Crippen LogP contribution in [0.25, 0.3) is 10.9 Å². The molecule has 1 atom stereocenters. The number of urea groups is 1. The number of anilines is 1. The molecule has 2 aromatic carbocycles. The fraction of sp³-hybridized carbons (Fsp3) is 0.190. The largest absolute Gasteiger partial charge is 0.370 e. The number of benzene rings is 2. The van der Waals surface area contributed by atoms with Crippen molar-refractivity contribution in [1.82, 2.24) is 14.6 Å². The second-order valence-electron chi connectivity index (χ2n) is 7.51. The summed E-state index contributed by atoms with van der Waals surface area (Å²) in [6, 6.07) is 8.58. The van der Waals surface area contributed by atoms with Gasteiger partial charge in [-0.05, 0) is 49.4 Å². The lowest BCUT2D eigenvalue weighted by molar-refractivity contribution is -0.118. The molecule has 1 heterocycles. The average Bonchev–Trinajstić information content (AvgIpc) is 3.07. The summed E-state index contributed by atoms with van der Waals surface area (Å²) in [5.74, 6) is -1.08. The van der Waals surface area contributed by atoms with Gasteiger partial charge in [0.2, 0.25) is 5.91 Å². The number of amides is 4. The van der Waals surface area contributed by atoms with Gasteiger partial charge in [-0.25, -0.2) is 17.9 Å². The molecule has 4 amide bonds. The SMILES string of the molecule is CC(CC(N)=O)NC(=O)NS(=O)(=O)c1ccc(NC(=O)c2cc3c(Cl)c(Cl)ccc3n2C)cc1. The zero-order valence-corrected chi connectivity index (χ0v) is 20.4. The van der Waals surface area contributed by atoms with Crippen LogP contribution in [0.2, 0.25) is 10.0 Å². The molecule has 3 aromatic rings. The molecular weight excluding hydrogens is 505 g/mol. The van der Waals surface area contributed by atoms with Gasteiger partial charge >= 0.3 is 6.03 Å². The predicted molar refractivity (Wildman–Crippen MR) is 129 cm³/mol. The van der Waals surface area contributed by atoms with Crippen molar-refractivity contribution in [1.29, 1.82) is 0 Å². The van der Waals surface area contributed by atoms with Gasteiger partial charge in [0.15, 0.2) is 0 Å². The number of rotatable bonds is 7. The Morgan fingerprint density at radius 3 is 2.35 bits per heavy atom. The minimum absolute atomic E-state index is 0.141. The fourth-order valence-corrected chi connectivity index (χ4v) is 4.56. The lowest BCUT2D eigenvalue weighted by Gasteiger charge is -2.13. The maximum atomic E-state index is 12.8. The molecule has 10 nitrogen and oxygen atoms in total. The Morgan fingerprint density at radius 1 is 1.09 bits per heavy atom. The highest BCUT2D eigenvalue weighted by atomic mass is 35.5. The first kappa shape index (κ1) is 25.3. The molecule has 0 aliphatic rings. The third kappa shape index (κ3) is 5.61. The number of aromatic nitrogens is 1. The highest BCUT2D eigenvalue weighted by molar-refractivity contribution is 7.90. The van der Waals surface area contributed by atoms with Gasteiger partial charge < -0.3 is 20.9 Å². The van der Waals surface area contributed by atoms with Crippen LogP contribution in [0.4, 0.5) is 10.5 Å². The van der Waals surface area contributed by atoms with Crippen molar-refractivity contribution in [2.75, 3.05) is 5.32 Å². The van der Waals surface area contributed by atoms with Crippen LogP contribution < -0.4 is 21.1 Å². The number of carbonyl (C=O) groups is 3. The van der Waals surface area contributed by atoms with E-state index in [1.807, 2.05) is 4.72 Å². The van der Waals surface area contributed by atoms with Crippen molar-refractivity contribution in [3.8, 4) is 0 Å². The van der Waals surface area contributed by atoms with Crippen LogP contribution in [0.1, 0.15) is 23.8 Å². The van der Waals surface area contributed by atoms with Crippen molar-refractivity contribution in [3.05, 3.63) is 58.2 Å². The molecule has 0 bridgehead atoms. The summed E-state index contributed by atoms with van der Waals surface area (Å²) < 4.78 is 28.4. The zero-order chi connectivity index (χ0) is 25.2. The lowest BCUT2D eigenvalue weighted by Crippen LogP contribution is -2.44. The Labute approximate surface area is 205 Å². The van der Waals surface area contributed by atoms with E-state index in [1.54, 1.807) is 29.8 Å². The molecular formula is C21H21Cl2N5O5S. The Bertz CT molecular complexity index is 1390. The van der Waals surface area contributed by atoms with E-state index in [9.17, 15) is 22.8 Å². The van der Waals surface area contributed by atoms with Crippen molar-refractivity contribution in [2.45, 2.75) is 24.3 Å². The highest BCUT2D eigenvalue weighted by Gasteiger charge is 2.20. The first-order valence-corrected chi connectivity index (χ1v) is 12.1. The molecule has 0 fully saturated rings. The minimum Gasteiger partial charge on any atom is -0.370 e. The number of halogens is 2. The summed E-state index contributed by atoms with van der Waals surface area (Å²) in [6.45, 7) is 1.51. The van der Waals surface area contributed by atoms with Crippen LogP contribution in [0.5, 0.6) is 0 Å². The summed E-state index contributed by atoms with van der Waals surface area (Å²) in [5.41, 5.74) is 6.41. The number of hydrogen-bond acceptors (Lipinski definition) is 5. The molecule has 1 aromatic heterocycles. The Balaban J connectivity index is 1.71. The molecule has 0 aliphatic heterocycles. The monoisotopic (exact) mass is 525 g/mol. The highest BCUT2D eigenvalue weighted by Crippen LogP contribution is 2.32. The summed E-state index contributed by atoms with van der Waals surface area (Å²) in [5, 5.41) is 6.32. The van der Waals surface area contributed by atoms with E-state index in [-0.39, 0.29) is 11.3 Å². The Kier molecular flexibility index (Phi) is 7.39. The van der Waals surface area contributed by atoms with E-state index in [0.29, 0.717) is 26.8 Å².